The average molecular weight is 225 g/mol. The van der Waals surface area contributed by atoms with Gasteiger partial charge in [0.2, 0.25) is 0 Å². The van der Waals surface area contributed by atoms with Crippen molar-refractivity contribution in [2.75, 3.05) is 11.5 Å². The van der Waals surface area contributed by atoms with Crippen molar-refractivity contribution in [1.82, 2.24) is 0 Å². The lowest BCUT2D eigenvalue weighted by Crippen LogP contribution is -2.37. The lowest BCUT2D eigenvalue weighted by molar-refractivity contribution is 0.602. The highest BCUT2D eigenvalue weighted by molar-refractivity contribution is 7.91. The first-order valence-electron chi connectivity index (χ1n) is 3.94. The molecule has 0 N–H and O–H groups in total. The van der Waals surface area contributed by atoms with E-state index in [0.717, 1.165) is 0 Å². The summed E-state index contributed by atoms with van der Waals surface area (Å²) in [5, 5.41) is 26.3. The number of rotatable bonds is 1. The molecule has 1 atom stereocenters. The minimum absolute atomic E-state index is 0.00252. The maximum atomic E-state index is 11.1. The third-order valence-electron chi connectivity index (χ3n) is 2.37. The molecule has 1 aliphatic rings. The summed E-state index contributed by atoms with van der Waals surface area (Å²) in [6.45, 7) is 0. The predicted molar refractivity (Wildman–Crippen MR) is 49.6 cm³/mol. The number of nitriles is 3. The van der Waals surface area contributed by atoms with E-state index in [0.29, 0.717) is 0 Å². The van der Waals surface area contributed by atoms with E-state index < -0.39 is 23.5 Å². The van der Waals surface area contributed by atoms with E-state index in [9.17, 15) is 8.42 Å². The van der Waals surface area contributed by atoms with E-state index in [4.69, 9.17) is 15.8 Å². The SMILES string of the molecule is N#C[Si](C#N)(C#N)C1CCS(=O)(=O)C1. The molecule has 0 aliphatic carbocycles. The molecule has 5 nitrogen and oxygen atoms in total. The minimum Gasteiger partial charge on any atom is -0.229 e. The van der Waals surface area contributed by atoms with Crippen LogP contribution in [0, 0.1) is 32.9 Å². The molecule has 1 aliphatic heterocycles. The minimum atomic E-state index is -3.34. The predicted octanol–water partition coefficient (Wildman–Crippen LogP) is -0.188. The van der Waals surface area contributed by atoms with Gasteiger partial charge in [-0.2, -0.15) is 0 Å². The van der Waals surface area contributed by atoms with E-state index in [-0.39, 0.29) is 17.9 Å². The second-order valence-corrected chi connectivity index (χ2v) is 8.58. The molecule has 0 aromatic rings. The van der Waals surface area contributed by atoms with Crippen molar-refractivity contribution in [1.29, 1.82) is 15.8 Å². The molecule has 14 heavy (non-hydrogen) atoms. The molecular weight excluding hydrogens is 218 g/mol. The highest BCUT2D eigenvalue weighted by atomic mass is 32.2. The van der Waals surface area contributed by atoms with Crippen molar-refractivity contribution in [3.05, 3.63) is 0 Å². The van der Waals surface area contributed by atoms with Gasteiger partial charge in [0.1, 0.15) is 9.84 Å². The fraction of sp³-hybridized carbons (Fsp3) is 0.571. The van der Waals surface area contributed by atoms with Gasteiger partial charge >= 0.3 is 8.07 Å². The normalized spacial score (nSPS) is 24.5. The van der Waals surface area contributed by atoms with Crippen LogP contribution in [0.1, 0.15) is 6.42 Å². The summed E-state index contributed by atoms with van der Waals surface area (Å²) < 4.78 is 22.3. The summed E-state index contributed by atoms with van der Waals surface area (Å²) >= 11 is 0. The molecule has 0 aromatic heterocycles. The topological polar surface area (TPSA) is 106 Å². The molecule has 1 unspecified atom stereocenters. The number of nitrogens with zero attached hydrogens (tertiary/aromatic N) is 3. The first-order chi connectivity index (χ1) is 6.49. The summed E-state index contributed by atoms with van der Waals surface area (Å²) in [7, 11) is -6.46. The van der Waals surface area contributed by atoms with Crippen molar-refractivity contribution in [2.45, 2.75) is 12.0 Å². The van der Waals surface area contributed by atoms with Crippen LogP contribution in [0.25, 0.3) is 0 Å². The molecule has 7 heteroatoms. The highest BCUT2D eigenvalue weighted by Crippen LogP contribution is 2.32. The summed E-state index contributed by atoms with van der Waals surface area (Å²) in [6, 6.07) is 0. The molecule has 1 rings (SSSR count). The molecule has 1 saturated heterocycles. The van der Waals surface area contributed by atoms with Gasteiger partial charge < -0.3 is 0 Å². The van der Waals surface area contributed by atoms with Crippen LogP contribution in [0.15, 0.2) is 0 Å². The van der Waals surface area contributed by atoms with Crippen LogP contribution in [0.5, 0.6) is 0 Å². The molecule has 0 saturated carbocycles. The number of hydrogen-bond donors (Lipinski definition) is 0. The lowest BCUT2D eigenvalue weighted by Gasteiger charge is -2.11. The first kappa shape index (κ1) is 10.7. The van der Waals surface area contributed by atoms with Crippen LogP contribution in [-0.2, 0) is 9.84 Å². The summed E-state index contributed by atoms with van der Waals surface area (Å²) in [6.07, 6.45) is 0.281. The highest BCUT2D eigenvalue weighted by Gasteiger charge is 2.50. The third kappa shape index (κ3) is 1.63. The van der Waals surface area contributed by atoms with Crippen molar-refractivity contribution in [2.24, 2.45) is 0 Å². The Morgan fingerprint density at radius 1 is 1.14 bits per heavy atom. The Labute approximate surface area is 83.1 Å². The van der Waals surface area contributed by atoms with Gasteiger partial charge in [0.15, 0.2) is 0 Å². The van der Waals surface area contributed by atoms with Crippen molar-refractivity contribution >= 4 is 17.9 Å². The van der Waals surface area contributed by atoms with E-state index in [1.807, 2.05) is 0 Å². The molecular formula is C7H7N3O2SSi. The Morgan fingerprint density at radius 3 is 1.93 bits per heavy atom. The number of hydrogen-bond acceptors (Lipinski definition) is 5. The smallest absolute Gasteiger partial charge is 0.229 e. The number of sulfone groups is 1. The van der Waals surface area contributed by atoms with E-state index in [2.05, 4.69) is 0 Å². The van der Waals surface area contributed by atoms with Gasteiger partial charge in [-0.05, 0) is 6.42 Å². The van der Waals surface area contributed by atoms with Crippen LogP contribution in [0.4, 0.5) is 0 Å². The zero-order valence-corrected chi connectivity index (χ0v) is 9.08. The van der Waals surface area contributed by atoms with Gasteiger partial charge in [-0.1, -0.05) is 0 Å². The molecule has 0 radical (unpaired) electrons. The zero-order valence-electron chi connectivity index (χ0n) is 7.27. The standard InChI is InChI=1S/C7H7N3O2SSi/c8-4-14(5-9,6-10)7-1-2-13(11,12)3-7/h7H,1-3H2. The average Bonchev–Trinajstić information content (AvgIpc) is 2.51. The maximum absolute atomic E-state index is 11.1. The molecule has 0 aromatic carbocycles. The monoisotopic (exact) mass is 225 g/mol. The van der Waals surface area contributed by atoms with Gasteiger partial charge in [-0.15, -0.1) is 0 Å². The lowest BCUT2D eigenvalue weighted by atomic mass is 10.4. The third-order valence-corrected chi connectivity index (χ3v) is 7.21. The molecule has 0 bridgehead atoms. The van der Waals surface area contributed by atoms with E-state index in [1.54, 1.807) is 17.1 Å². The molecule has 0 spiro atoms. The Bertz CT molecular complexity index is 429. The van der Waals surface area contributed by atoms with Crippen molar-refractivity contribution < 1.29 is 8.42 Å². The van der Waals surface area contributed by atoms with Gasteiger partial charge in [0.05, 0.1) is 28.6 Å². The van der Waals surface area contributed by atoms with Crippen LogP contribution in [-0.4, -0.2) is 28.0 Å². The van der Waals surface area contributed by atoms with Gasteiger partial charge in [-0.3, -0.25) is 0 Å². The van der Waals surface area contributed by atoms with Crippen LogP contribution in [0.2, 0.25) is 5.54 Å². The quantitative estimate of drug-likeness (QED) is 0.575. The second kappa shape index (κ2) is 3.41. The van der Waals surface area contributed by atoms with Gasteiger partial charge in [0.25, 0.3) is 0 Å². The van der Waals surface area contributed by atoms with E-state index in [1.165, 1.54) is 0 Å². The Kier molecular flexibility index (Phi) is 2.61. The largest absolute Gasteiger partial charge is 0.394 e. The fourth-order valence-electron chi connectivity index (χ4n) is 1.49. The molecule has 0 amide bonds. The first-order valence-corrected chi connectivity index (χ1v) is 7.84. The van der Waals surface area contributed by atoms with Gasteiger partial charge in [-0.25, -0.2) is 24.2 Å². The van der Waals surface area contributed by atoms with E-state index >= 15 is 0 Å². The van der Waals surface area contributed by atoms with Crippen molar-refractivity contribution in [3.8, 4) is 17.1 Å². The molecule has 1 heterocycles. The van der Waals surface area contributed by atoms with Crippen LogP contribution in [0.3, 0.4) is 0 Å². The maximum Gasteiger partial charge on any atom is 0.394 e. The second-order valence-electron chi connectivity index (χ2n) is 3.24. The fourth-order valence-corrected chi connectivity index (χ4v) is 6.32. The summed E-state index contributed by atoms with van der Waals surface area (Å²) in [5.74, 6) is -0.175. The Morgan fingerprint density at radius 2 is 1.64 bits per heavy atom. The summed E-state index contributed by atoms with van der Waals surface area (Å²) in [5.41, 5.74) is 4.71. The zero-order chi connectivity index (χ0) is 10.8. The Hall–Kier alpha value is -1.36. The van der Waals surface area contributed by atoms with Crippen molar-refractivity contribution in [3.63, 3.8) is 0 Å². The van der Waals surface area contributed by atoms with Crippen LogP contribution >= 0.6 is 0 Å². The Balaban J connectivity index is 3.04. The summed E-state index contributed by atoms with van der Waals surface area (Å²) in [4.78, 5) is 0. The molecule has 72 valence electrons. The van der Waals surface area contributed by atoms with Gasteiger partial charge in [0, 0.05) is 5.54 Å². The van der Waals surface area contributed by atoms with Crippen LogP contribution < -0.4 is 0 Å². The molecule has 1 fully saturated rings.